The average Bonchev–Trinajstić information content (AvgIpc) is 2.28. The summed E-state index contributed by atoms with van der Waals surface area (Å²) < 4.78 is 5.30. The molecule has 0 bridgehead atoms. The minimum Gasteiger partial charge on any atom is -0.441 e. The van der Waals surface area contributed by atoms with Gasteiger partial charge in [-0.15, -0.1) is 0 Å². The summed E-state index contributed by atoms with van der Waals surface area (Å²) >= 11 is 0. The van der Waals surface area contributed by atoms with Gasteiger partial charge in [0.1, 0.15) is 0 Å². The molecule has 0 N–H and O–H groups in total. The minimum absolute atomic E-state index is 0.0570. The number of benzene rings is 1. The van der Waals surface area contributed by atoms with E-state index in [1.165, 1.54) is 24.3 Å². The third-order valence-electron chi connectivity index (χ3n) is 2.73. The van der Waals surface area contributed by atoms with Crippen molar-refractivity contribution in [3.63, 3.8) is 0 Å². The van der Waals surface area contributed by atoms with Crippen LogP contribution in [0, 0.1) is 10.1 Å². The molecule has 18 heavy (non-hydrogen) atoms. The van der Waals surface area contributed by atoms with E-state index in [1.54, 1.807) is 32.8 Å². The largest absolute Gasteiger partial charge is 0.441 e. The van der Waals surface area contributed by atoms with Crippen LogP contribution in [0.4, 0.5) is 5.69 Å². The fourth-order valence-corrected chi connectivity index (χ4v) is 1.10. The van der Waals surface area contributed by atoms with Gasteiger partial charge in [0.15, 0.2) is 5.72 Å². The van der Waals surface area contributed by atoms with Crippen LogP contribution in [0.3, 0.4) is 0 Å². The fraction of sp³-hybridized carbons (Fsp3) is 0.417. The molecule has 1 aromatic rings. The fourth-order valence-electron chi connectivity index (χ4n) is 1.10. The maximum absolute atomic E-state index is 11.8. The predicted molar refractivity (Wildman–Crippen MR) is 66.3 cm³/mol. The smallest absolute Gasteiger partial charge is 0.339 e. The van der Waals surface area contributed by atoms with Crippen molar-refractivity contribution in [3.05, 3.63) is 39.9 Å². The van der Waals surface area contributed by atoms with Crippen molar-refractivity contribution in [1.82, 2.24) is 4.90 Å². The Morgan fingerprint density at radius 1 is 1.28 bits per heavy atom. The predicted octanol–water partition coefficient (Wildman–Crippen LogP) is 2.05. The molecule has 0 aliphatic rings. The number of rotatable bonds is 4. The van der Waals surface area contributed by atoms with E-state index < -0.39 is 16.6 Å². The highest BCUT2D eigenvalue weighted by atomic mass is 16.6. The van der Waals surface area contributed by atoms with Gasteiger partial charge in [0.25, 0.3) is 5.69 Å². The van der Waals surface area contributed by atoms with E-state index in [0.717, 1.165) is 0 Å². The molecule has 6 nitrogen and oxygen atoms in total. The summed E-state index contributed by atoms with van der Waals surface area (Å²) in [5.74, 6) is -0.511. The van der Waals surface area contributed by atoms with E-state index in [1.807, 2.05) is 0 Å². The molecule has 0 spiro atoms. The first-order valence-electron chi connectivity index (χ1n) is 5.39. The molecular weight excluding hydrogens is 236 g/mol. The summed E-state index contributed by atoms with van der Waals surface area (Å²) in [5, 5.41) is 10.5. The van der Waals surface area contributed by atoms with Crippen LogP contribution in [0.2, 0.25) is 0 Å². The molecule has 1 aromatic carbocycles. The van der Waals surface area contributed by atoms with E-state index in [-0.39, 0.29) is 11.3 Å². The monoisotopic (exact) mass is 252 g/mol. The molecule has 0 amide bonds. The summed E-state index contributed by atoms with van der Waals surface area (Å²) in [6.45, 7) is 3.52. The van der Waals surface area contributed by atoms with Gasteiger partial charge in [0, 0.05) is 12.1 Å². The van der Waals surface area contributed by atoms with E-state index >= 15 is 0 Å². The molecule has 1 rings (SSSR count). The number of non-ortho nitro benzene ring substituents is 1. The van der Waals surface area contributed by atoms with E-state index in [4.69, 9.17) is 4.74 Å². The van der Waals surface area contributed by atoms with Crippen LogP contribution in [-0.2, 0) is 4.74 Å². The topological polar surface area (TPSA) is 72.7 Å². The second kappa shape index (κ2) is 5.14. The lowest BCUT2D eigenvalue weighted by Crippen LogP contribution is -2.42. The van der Waals surface area contributed by atoms with Gasteiger partial charge in [-0.05, 0) is 40.1 Å². The van der Waals surface area contributed by atoms with Crippen LogP contribution in [0.15, 0.2) is 24.3 Å². The van der Waals surface area contributed by atoms with E-state index in [9.17, 15) is 14.9 Å². The quantitative estimate of drug-likeness (QED) is 0.355. The van der Waals surface area contributed by atoms with Crippen molar-refractivity contribution in [2.75, 3.05) is 14.1 Å². The molecule has 98 valence electrons. The van der Waals surface area contributed by atoms with Gasteiger partial charge < -0.3 is 4.74 Å². The van der Waals surface area contributed by atoms with Crippen LogP contribution in [0.5, 0.6) is 0 Å². The lowest BCUT2D eigenvalue weighted by molar-refractivity contribution is -0.384. The Bertz CT molecular complexity index is 452. The molecule has 0 fully saturated rings. The number of nitrogens with zero attached hydrogens (tertiary/aromatic N) is 2. The number of hydrogen-bond acceptors (Lipinski definition) is 5. The third-order valence-corrected chi connectivity index (χ3v) is 2.73. The Hall–Kier alpha value is -1.95. The molecule has 0 atom stereocenters. The zero-order chi connectivity index (χ0) is 13.9. The van der Waals surface area contributed by atoms with Gasteiger partial charge in [0.2, 0.25) is 0 Å². The van der Waals surface area contributed by atoms with Gasteiger partial charge in [-0.25, -0.2) is 4.79 Å². The Morgan fingerprint density at radius 2 is 1.78 bits per heavy atom. The maximum atomic E-state index is 11.8. The van der Waals surface area contributed by atoms with Crippen molar-refractivity contribution >= 4 is 11.7 Å². The molecule has 0 saturated carbocycles. The summed E-state index contributed by atoms with van der Waals surface area (Å²) in [6.07, 6.45) is 0. The molecular formula is C12H16N2O4. The Labute approximate surface area is 105 Å². The number of carbonyl (C=O) groups excluding carboxylic acids is 1. The van der Waals surface area contributed by atoms with Gasteiger partial charge in [-0.1, -0.05) is 0 Å². The van der Waals surface area contributed by atoms with Crippen molar-refractivity contribution in [3.8, 4) is 0 Å². The van der Waals surface area contributed by atoms with Gasteiger partial charge >= 0.3 is 5.97 Å². The first-order chi connectivity index (χ1) is 8.24. The molecule has 0 aliphatic carbocycles. The van der Waals surface area contributed by atoms with Crippen LogP contribution in [0.1, 0.15) is 24.2 Å². The number of nitro groups is 1. The summed E-state index contributed by atoms with van der Waals surface area (Å²) in [6, 6.07) is 5.32. The lowest BCUT2D eigenvalue weighted by Gasteiger charge is -2.31. The molecule has 0 heterocycles. The number of carbonyl (C=O) groups is 1. The summed E-state index contributed by atoms with van der Waals surface area (Å²) in [5.41, 5.74) is -0.507. The Balaban J connectivity index is 2.82. The Kier molecular flexibility index (Phi) is 4.03. The van der Waals surface area contributed by atoms with Crippen LogP contribution in [-0.4, -0.2) is 35.6 Å². The molecule has 0 radical (unpaired) electrons. The zero-order valence-electron chi connectivity index (χ0n) is 10.8. The number of nitro benzene ring substituents is 1. The Morgan fingerprint density at radius 3 is 2.17 bits per heavy atom. The molecule has 0 aromatic heterocycles. The van der Waals surface area contributed by atoms with Gasteiger partial charge in [-0.2, -0.15) is 0 Å². The second-order valence-corrected chi connectivity index (χ2v) is 4.53. The minimum atomic E-state index is -0.737. The number of hydrogen-bond donors (Lipinski definition) is 0. The van der Waals surface area contributed by atoms with Crippen LogP contribution < -0.4 is 0 Å². The first kappa shape index (κ1) is 14.1. The third kappa shape index (κ3) is 3.27. The highest BCUT2D eigenvalue weighted by molar-refractivity contribution is 5.89. The highest BCUT2D eigenvalue weighted by Crippen LogP contribution is 2.17. The van der Waals surface area contributed by atoms with Crippen LogP contribution >= 0.6 is 0 Å². The molecule has 0 aliphatic heterocycles. The molecule has 6 heteroatoms. The summed E-state index contributed by atoms with van der Waals surface area (Å²) in [7, 11) is 3.59. The van der Waals surface area contributed by atoms with Crippen LogP contribution in [0.25, 0.3) is 0 Å². The molecule has 0 saturated heterocycles. The normalized spacial score (nSPS) is 11.4. The van der Waals surface area contributed by atoms with Crippen molar-refractivity contribution < 1.29 is 14.5 Å². The first-order valence-corrected chi connectivity index (χ1v) is 5.39. The lowest BCUT2D eigenvalue weighted by atomic mass is 10.2. The van der Waals surface area contributed by atoms with Gasteiger partial charge in [0.05, 0.1) is 10.5 Å². The SMILES string of the molecule is CN(C)C(C)(C)OC(=O)c1ccc([N+](=O)[O-])cc1. The van der Waals surface area contributed by atoms with Gasteiger partial charge in [-0.3, -0.25) is 15.0 Å². The van der Waals surface area contributed by atoms with Crippen molar-refractivity contribution in [2.24, 2.45) is 0 Å². The molecule has 0 unspecified atom stereocenters. The van der Waals surface area contributed by atoms with Crippen molar-refractivity contribution in [2.45, 2.75) is 19.6 Å². The van der Waals surface area contributed by atoms with E-state index in [2.05, 4.69) is 0 Å². The second-order valence-electron chi connectivity index (χ2n) is 4.53. The van der Waals surface area contributed by atoms with E-state index in [0.29, 0.717) is 0 Å². The summed E-state index contributed by atoms with van der Waals surface area (Å²) in [4.78, 5) is 23.6. The number of esters is 1. The maximum Gasteiger partial charge on any atom is 0.339 e. The zero-order valence-corrected chi connectivity index (χ0v) is 10.8. The number of ether oxygens (including phenoxy) is 1. The average molecular weight is 252 g/mol. The highest BCUT2D eigenvalue weighted by Gasteiger charge is 2.26. The van der Waals surface area contributed by atoms with Crippen molar-refractivity contribution in [1.29, 1.82) is 0 Å². The standard InChI is InChI=1S/C12H16N2O4/c1-12(2,13(3)4)18-11(15)9-5-7-10(8-6-9)14(16)17/h5-8H,1-4H3.